The summed E-state index contributed by atoms with van der Waals surface area (Å²) in [4.78, 5) is 42.6. The van der Waals surface area contributed by atoms with Crippen LogP contribution in [0, 0.1) is 11.8 Å². The molecule has 1 aliphatic heterocycles. The summed E-state index contributed by atoms with van der Waals surface area (Å²) in [6.07, 6.45) is 7.30. The van der Waals surface area contributed by atoms with Gasteiger partial charge in [-0.1, -0.05) is 97.1 Å². The summed E-state index contributed by atoms with van der Waals surface area (Å²) < 4.78 is 5.93. The predicted octanol–water partition coefficient (Wildman–Crippen LogP) is 6.69. The van der Waals surface area contributed by atoms with Crippen LogP contribution in [0.3, 0.4) is 0 Å². The number of fused-ring (bicyclic) bond motifs is 1. The Hall–Kier alpha value is -4.14. The number of hydrogen-bond acceptors (Lipinski definition) is 6. The van der Waals surface area contributed by atoms with E-state index in [9.17, 15) is 19.5 Å². The highest BCUT2D eigenvalue weighted by atomic mass is 32.2. The number of unbranched alkanes of at least 4 members (excludes halogenated alkanes) is 1. The van der Waals surface area contributed by atoms with Gasteiger partial charge >= 0.3 is 5.97 Å². The van der Waals surface area contributed by atoms with E-state index in [0.29, 0.717) is 38.0 Å². The van der Waals surface area contributed by atoms with E-state index in [4.69, 9.17) is 4.74 Å². The van der Waals surface area contributed by atoms with Gasteiger partial charge in [0, 0.05) is 24.5 Å². The molecule has 0 saturated carbocycles. The van der Waals surface area contributed by atoms with Crippen LogP contribution in [0.25, 0.3) is 0 Å². The third kappa shape index (κ3) is 12.1. The van der Waals surface area contributed by atoms with Crippen molar-refractivity contribution in [2.75, 3.05) is 19.0 Å². The van der Waals surface area contributed by atoms with Crippen LogP contribution in [-0.2, 0) is 44.3 Å². The number of allylic oxidation sites excluding steroid dienone is 2. The van der Waals surface area contributed by atoms with Crippen molar-refractivity contribution in [2.24, 2.45) is 11.8 Å². The molecule has 2 amide bonds. The van der Waals surface area contributed by atoms with Crippen LogP contribution in [-0.4, -0.2) is 58.8 Å². The molecule has 1 heterocycles. The zero-order chi connectivity index (χ0) is 34.8. The number of nitrogens with one attached hydrogen (secondary N) is 1. The van der Waals surface area contributed by atoms with Gasteiger partial charge in [-0.05, 0) is 60.8 Å². The van der Waals surface area contributed by atoms with Gasteiger partial charge in [0.15, 0.2) is 0 Å². The quantitative estimate of drug-likeness (QED) is 0.0784. The number of hydrogen-bond donors (Lipinski definition) is 2. The standard InChI is InChI=1S/C41H50N2O5S/c1-3-5-8-21-35(23-31-16-9-6-10-17-31)41(47)48-28-37(30-49-29-32-18-11-7-12-19-32)42-40(46)34(15-4-2)25-39(45)43-26-36-22-14-13-20-33(36)24-38(43)27-44/h3-4,6-7,9-14,16-20,22,34-35,37-38,44H,1-2,5,8,15,21,23-30H2,(H,42,46)/t34-,35+,37+,38-/m0/s1. The second kappa shape index (κ2) is 20.4. The van der Waals surface area contributed by atoms with E-state index in [2.05, 4.69) is 30.6 Å². The summed E-state index contributed by atoms with van der Waals surface area (Å²) in [5.41, 5.74) is 4.42. The lowest BCUT2D eigenvalue weighted by atomic mass is 9.92. The molecule has 8 heteroatoms. The van der Waals surface area contributed by atoms with Crippen LogP contribution in [0.5, 0.6) is 0 Å². The van der Waals surface area contributed by atoms with Crippen LogP contribution in [0.2, 0.25) is 0 Å². The van der Waals surface area contributed by atoms with Crippen molar-refractivity contribution in [1.82, 2.24) is 10.2 Å². The molecule has 2 N–H and O–H groups in total. The Balaban J connectivity index is 1.43. The Morgan fingerprint density at radius 3 is 2.27 bits per heavy atom. The van der Waals surface area contributed by atoms with Crippen LogP contribution in [0.15, 0.2) is 110 Å². The number of amides is 2. The molecule has 4 rings (SSSR count). The molecule has 0 aromatic heterocycles. The van der Waals surface area contributed by atoms with Crippen LogP contribution in [0.1, 0.15) is 54.4 Å². The van der Waals surface area contributed by atoms with E-state index < -0.39 is 12.0 Å². The molecule has 260 valence electrons. The molecule has 3 aromatic rings. The van der Waals surface area contributed by atoms with E-state index in [1.807, 2.05) is 78.9 Å². The lowest BCUT2D eigenvalue weighted by molar-refractivity contribution is -0.150. The van der Waals surface area contributed by atoms with E-state index in [1.54, 1.807) is 22.7 Å². The fraction of sp³-hybridized carbons (Fsp3) is 0.390. The molecule has 0 radical (unpaired) electrons. The summed E-state index contributed by atoms with van der Waals surface area (Å²) in [6, 6.07) is 27.2. The number of esters is 1. The summed E-state index contributed by atoms with van der Waals surface area (Å²) >= 11 is 1.65. The molecule has 0 bridgehead atoms. The molecule has 4 atom stereocenters. The van der Waals surface area contributed by atoms with Gasteiger partial charge in [-0.25, -0.2) is 0 Å². The number of nitrogens with zero attached hydrogens (tertiary/aromatic N) is 1. The third-order valence-corrected chi connectivity index (χ3v) is 10.1. The predicted molar refractivity (Wildman–Crippen MR) is 198 cm³/mol. The van der Waals surface area contributed by atoms with Gasteiger partial charge in [-0.2, -0.15) is 11.8 Å². The molecule has 1 aliphatic rings. The van der Waals surface area contributed by atoms with Crippen LogP contribution < -0.4 is 5.32 Å². The first kappa shape index (κ1) is 37.7. The van der Waals surface area contributed by atoms with E-state index in [0.717, 1.165) is 40.8 Å². The molecule has 0 fully saturated rings. The fourth-order valence-electron chi connectivity index (χ4n) is 6.21. The minimum atomic E-state index is -0.649. The molecular formula is C41H50N2O5S. The SMILES string of the molecule is C=CCCC[C@H](Cc1ccccc1)C(=O)OC[C@H](CSCc1ccccc1)NC(=O)[C@@H](CC=C)CC(=O)N1Cc2ccccc2C[C@H]1CO. The van der Waals surface area contributed by atoms with Crippen molar-refractivity contribution in [1.29, 1.82) is 0 Å². The Morgan fingerprint density at radius 2 is 1.59 bits per heavy atom. The maximum Gasteiger partial charge on any atom is 0.309 e. The Morgan fingerprint density at radius 1 is 0.918 bits per heavy atom. The zero-order valence-electron chi connectivity index (χ0n) is 28.4. The molecule has 0 unspecified atom stereocenters. The highest BCUT2D eigenvalue weighted by molar-refractivity contribution is 7.98. The maximum atomic E-state index is 13.8. The van der Waals surface area contributed by atoms with Crippen molar-refractivity contribution < 1.29 is 24.2 Å². The van der Waals surface area contributed by atoms with Gasteiger partial charge in [0.1, 0.15) is 6.61 Å². The summed E-state index contributed by atoms with van der Waals surface area (Å²) in [6.45, 7) is 7.94. The molecule has 49 heavy (non-hydrogen) atoms. The van der Waals surface area contributed by atoms with Crippen molar-refractivity contribution in [2.45, 2.75) is 69.3 Å². The van der Waals surface area contributed by atoms with E-state index in [1.165, 1.54) is 0 Å². The van der Waals surface area contributed by atoms with Crippen LogP contribution >= 0.6 is 11.8 Å². The topological polar surface area (TPSA) is 95.9 Å². The third-order valence-electron chi connectivity index (χ3n) is 8.95. The van der Waals surface area contributed by atoms with Gasteiger partial charge in [0.2, 0.25) is 11.8 Å². The fourth-order valence-corrected chi connectivity index (χ4v) is 7.22. The van der Waals surface area contributed by atoms with Gasteiger partial charge in [-0.3, -0.25) is 14.4 Å². The number of carbonyl (C=O) groups is 3. The number of benzene rings is 3. The maximum absolute atomic E-state index is 13.8. The lowest BCUT2D eigenvalue weighted by Crippen LogP contribution is -2.48. The first-order valence-electron chi connectivity index (χ1n) is 17.2. The molecule has 0 saturated heterocycles. The number of ether oxygens (including phenoxy) is 1. The summed E-state index contributed by atoms with van der Waals surface area (Å²) in [5, 5.41) is 13.2. The normalized spacial score (nSPS) is 15.7. The van der Waals surface area contributed by atoms with E-state index >= 15 is 0 Å². The molecule has 0 spiro atoms. The lowest BCUT2D eigenvalue weighted by Gasteiger charge is -2.36. The molecule has 0 aliphatic carbocycles. The molecule has 7 nitrogen and oxygen atoms in total. The van der Waals surface area contributed by atoms with Crippen molar-refractivity contribution >= 4 is 29.5 Å². The number of carbonyl (C=O) groups excluding carboxylic acids is 3. The number of aliphatic hydroxyl groups is 1. The Bertz CT molecular complexity index is 1500. The smallest absolute Gasteiger partial charge is 0.309 e. The highest BCUT2D eigenvalue weighted by Crippen LogP contribution is 2.26. The van der Waals surface area contributed by atoms with Crippen molar-refractivity contribution in [3.05, 3.63) is 132 Å². The minimum absolute atomic E-state index is 0.0113. The average molecular weight is 683 g/mol. The van der Waals surface area contributed by atoms with Gasteiger partial charge in [0.25, 0.3) is 0 Å². The summed E-state index contributed by atoms with van der Waals surface area (Å²) in [5.74, 6) is -0.428. The second-order valence-corrected chi connectivity index (χ2v) is 13.7. The Labute approximate surface area is 295 Å². The van der Waals surface area contributed by atoms with Gasteiger partial charge in [0.05, 0.1) is 30.5 Å². The summed E-state index contributed by atoms with van der Waals surface area (Å²) in [7, 11) is 0. The van der Waals surface area contributed by atoms with E-state index in [-0.39, 0.29) is 49.4 Å². The zero-order valence-corrected chi connectivity index (χ0v) is 29.2. The number of aliphatic hydroxyl groups excluding tert-OH is 1. The van der Waals surface area contributed by atoms with Gasteiger partial charge < -0.3 is 20.1 Å². The Kier molecular flexibility index (Phi) is 15.7. The van der Waals surface area contributed by atoms with Gasteiger partial charge in [-0.15, -0.1) is 13.2 Å². The minimum Gasteiger partial charge on any atom is -0.463 e. The first-order chi connectivity index (χ1) is 23.9. The molecule has 3 aromatic carbocycles. The second-order valence-electron chi connectivity index (χ2n) is 12.7. The van der Waals surface area contributed by atoms with Crippen LogP contribution in [0.4, 0.5) is 0 Å². The van der Waals surface area contributed by atoms with Crippen molar-refractivity contribution in [3.8, 4) is 0 Å². The first-order valence-corrected chi connectivity index (χ1v) is 18.4. The van der Waals surface area contributed by atoms with Crippen molar-refractivity contribution in [3.63, 3.8) is 0 Å². The molecular weight excluding hydrogens is 633 g/mol. The average Bonchev–Trinajstić information content (AvgIpc) is 3.13. The highest BCUT2D eigenvalue weighted by Gasteiger charge is 2.32. The largest absolute Gasteiger partial charge is 0.463 e. The monoisotopic (exact) mass is 682 g/mol. The number of rotatable bonds is 20. The number of thioether (sulfide) groups is 1.